The lowest BCUT2D eigenvalue weighted by molar-refractivity contribution is 0.0688. The summed E-state index contributed by atoms with van der Waals surface area (Å²) in [5, 5.41) is 9.39. The van der Waals surface area contributed by atoms with Crippen molar-refractivity contribution in [1.29, 1.82) is 0 Å². The van der Waals surface area contributed by atoms with Crippen molar-refractivity contribution in [3.63, 3.8) is 0 Å². The minimum Gasteiger partial charge on any atom is -0.477 e. The van der Waals surface area contributed by atoms with E-state index in [0.717, 1.165) is 0 Å². The first kappa shape index (κ1) is 9.02. The van der Waals surface area contributed by atoms with Crippen molar-refractivity contribution in [2.75, 3.05) is 0 Å². The summed E-state index contributed by atoms with van der Waals surface area (Å²) in [7, 11) is 0. The Labute approximate surface area is 84.8 Å². The van der Waals surface area contributed by atoms with Gasteiger partial charge in [-0.25, -0.2) is 9.78 Å². The Bertz CT molecular complexity index is 519. The maximum absolute atomic E-state index is 10.9. The Morgan fingerprint density at radius 2 is 2.36 bits per heavy atom. The molecule has 2 rings (SSSR count). The number of pyridine rings is 1. The van der Waals surface area contributed by atoms with E-state index in [0.29, 0.717) is 16.4 Å². The van der Waals surface area contributed by atoms with E-state index < -0.39 is 5.97 Å². The molecule has 72 valence electrons. The number of aryl methyl sites for hydroxylation is 1. The maximum Gasteiger partial charge on any atom is 0.354 e. The number of aromatic nitrogens is 2. The number of hydrogen-bond donors (Lipinski definition) is 1. The normalized spacial score (nSPS) is 10.7. The molecule has 0 atom stereocenters. The Morgan fingerprint density at radius 3 is 3.00 bits per heavy atom. The molecule has 0 aromatic carbocycles. The lowest BCUT2D eigenvalue weighted by Crippen LogP contribution is -2.03. The molecule has 0 amide bonds. The van der Waals surface area contributed by atoms with Crippen LogP contribution >= 0.6 is 11.6 Å². The molecule has 14 heavy (non-hydrogen) atoms. The van der Waals surface area contributed by atoms with Gasteiger partial charge in [-0.3, -0.25) is 4.40 Å². The summed E-state index contributed by atoms with van der Waals surface area (Å²) in [6, 6.07) is 3.36. The summed E-state index contributed by atoms with van der Waals surface area (Å²) < 4.78 is 1.47. The maximum atomic E-state index is 10.9. The minimum atomic E-state index is -1.00. The molecule has 2 heterocycles. The molecule has 0 aliphatic carbocycles. The van der Waals surface area contributed by atoms with Crippen molar-refractivity contribution in [3.8, 4) is 0 Å². The Kier molecular flexibility index (Phi) is 1.93. The number of imidazole rings is 1. The van der Waals surface area contributed by atoms with Gasteiger partial charge in [0.05, 0.1) is 10.7 Å². The number of carboxylic acids is 1. The highest BCUT2D eigenvalue weighted by molar-refractivity contribution is 6.33. The first-order valence-electron chi connectivity index (χ1n) is 3.97. The molecule has 5 heteroatoms. The van der Waals surface area contributed by atoms with E-state index in [1.54, 1.807) is 25.3 Å². The van der Waals surface area contributed by atoms with Gasteiger partial charge in [0.25, 0.3) is 0 Å². The molecule has 1 N–H and O–H groups in total. The lowest BCUT2D eigenvalue weighted by atomic mass is 10.3. The topological polar surface area (TPSA) is 54.6 Å². The molecule has 0 fully saturated rings. The van der Waals surface area contributed by atoms with Crippen LogP contribution in [0.2, 0.25) is 5.02 Å². The van der Waals surface area contributed by atoms with Crippen molar-refractivity contribution >= 4 is 23.2 Å². The number of carbonyl (C=O) groups is 1. The van der Waals surface area contributed by atoms with Gasteiger partial charge in [0, 0.05) is 6.20 Å². The number of carboxylic acid groups (broad SMARTS) is 1. The second-order valence-electron chi connectivity index (χ2n) is 2.90. The Morgan fingerprint density at radius 1 is 1.64 bits per heavy atom. The molecule has 0 aliphatic rings. The third-order valence-electron chi connectivity index (χ3n) is 1.98. The van der Waals surface area contributed by atoms with E-state index in [4.69, 9.17) is 16.7 Å². The number of nitrogens with zero attached hydrogens (tertiary/aromatic N) is 2. The number of fused-ring (bicyclic) bond motifs is 1. The highest BCUT2D eigenvalue weighted by atomic mass is 35.5. The van der Waals surface area contributed by atoms with Gasteiger partial charge in [-0.2, -0.15) is 0 Å². The van der Waals surface area contributed by atoms with Crippen LogP contribution in [-0.4, -0.2) is 20.5 Å². The second kappa shape index (κ2) is 2.99. The van der Waals surface area contributed by atoms with Gasteiger partial charge in [0.2, 0.25) is 0 Å². The molecular formula is C9H7ClN2O2. The van der Waals surface area contributed by atoms with Crippen molar-refractivity contribution in [2.24, 2.45) is 0 Å². The highest BCUT2D eigenvalue weighted by Crippen LogP contribution is 2.19. The quantitative estimate of drug-likeness (QED) is 0.783. The summed E-state index contributed by atoms with van der Waals surface area (Å²) in [6.07, 6.45) is 1.63. The third-order valence-corrected chi connectivity index (χ3v) is 2.27. The van der Waals surface area contributed by atoms with Gasteiger partial charge >= 0.3 is 5.97 Å². The Hall–Kier alpha value is -1.55. The average Bonchev–Trinajstić information content (AvgIpc) is 2.42. The fraction of sp³-hybridized carbons (Fsp3) is 0.111. The van der Waals surface area contributed by atoms with E-state index in [1.165, 1.54) is 4.40 Å². The van der Waals surface area contributed by atoms with Gasteiger partial charge in [-0.1, -0.05) is 11.6 Å². The number of halogens is 1. The van der Waals surface area contributed by atoms with Crippen LogP contribution in [0.25, 0.3) is 5.65 Å². The third kappa shape index (κ3) is 1.15. The molecule has 4 nitrogen and oxygen atoms in total. The SMILES string of the molecule is Cc1nc2c(Cl)cccn2c1C(=O)O. The van der Waals surface area contributed by atoms with Crippen LogP contribution in [0.5, 0.6) is 0 Å². The molecule has 0 saturated heterocycles. The predicted molar refractivity (Wildman–Crippen MR) is 51.9 cm³/mol. The summed E-state index contributed by atoms with van der Waals surface area (Å²) in [5.74, 6) is -1.00. The van der Waals surface area contributed by atoms with Crippen LogP contribution in [0.3, 0.4) is 0 Å². The zero-order chi connectivity index (χ0) is 10.3. The molecule has 0 unspecified atom stereocenters. The first-order valence-corrected chi connectivity index (χ1v) is 4.35. The summed E-state index contributed by atoms with van der Waals surface area (Å²) in [6.45, 7) is 1.65. The van der Waals surface area contributed by atoms with E-state index >= 15 is 0 Å². The molecule has 0 spiro atoms. The van der Waals surface area contributed by atoms with Crippen molar-refractivity contribution in [3.05, 3.63) is 34.7 Å². The predicted octanol–water partition coefficient (Wildman–Crippen LogP) is 1.99. The van der Waals surface area contributed by atoms with E-state index in [9.17, 15) is 4.79 Å². The standard InChI is InChI=1S/C9H7ClN2O2/c1-5-7(9(13)14)12-4-2-3-6(10)8(12)11-5/h2-4H,1H3,(H,13,14). The number of rotatable bonds is 1. The van der Waals surface area contributed by atoms with Gasteiger partial charge in [-0.05, 0) is 19.1 Å². The fourth-order valence-corrected chi connectivity index (χ4v) is 1.61. The largest absolute Gasteiger partial charge is 0.477 e. The average molecular weight is 211 g/mol. The molecule has 2 aromatic rings. The minimum absolute atomic E-state index is 0.155. The van der Waals surface area contributed by atoms with Crippen LogP contribution in [0.4, 0.5) is 0 Å². The summed E-state index contributed by atoms with van der Waals surface area (Å²) >= 11 is 5.87. The van der Waals surface area contributed by atoms with Gasteiger partial charge in [-0.15, -0.1) is 0 Å². The van der Waals surface area contributed by atoms with Crippen molar-refractivity contribution < 1.29 is 9.90 Å². The summed E-state index contributed by atoms with van der Waals surface area (Å²) in [4.78, 5) is 15.0. The highest BCUT2D eigenvalue weighted by Gasteiger charge is 2.16. The molecule has 2 aromatic heterocycles. The molecular weight excluding hydrogens is 204 g/mol. The van der Waals surface area contributed by atoms with Gasteiger partial charge < -0.3 is 5.11 Å². The first-order chi connectivity index (χ1) is 6.61. The smallest absolute Gasteiger partial charge is 0.354 e. The van der Waals surface area contributed by atoms with E-state index in [2.05, 4.69) is 4.98 Å². The van der Waals surface area contributed by atoms with Crippen LogP contribution in [0.15, 0.2) is 18.3 Å². The molecule has 0 saturated carbocycles. The zero-order valence-electron chi connectivity index (χ0n) is 7.36. The zero-order valence-corrected chi connectivity index (χ0v) is 8.12. The van der Waals surface area contributed by atoms with Crippen LogP contribution in [0, 0.1) is 6.92 Å². The van der Waals surface area contributed by atoms with Gasteiger partial charge in [0.1, 0.15) is 0 Å². The fourth-order valence-electron chi connectivity index (χ4n) is 1.41. The van der Waals surface area contributed by atoms with Crippen LogP contribution in [0.1, 0.15) is 16.2 Å². The molecule has 0 radical (unpaired) electrons. The van der Waals surface area contributed by atoms with E-state index in [-0.39, 0.29) is 5.69 Å². The summed E-state index contributed by atoms with van der Waals surface area (Å²) in [5.41, 5.74) is 1.09. The Balaban J connectivity index is 2.90. The number of hydrogen-bond acceptors (Lipinski definition) is 2. The van der Waals surface area contributed by atoms with E-state index in [1.807, 2.05) is 0 Å². The van der Waals surface area contributed by atoms with Crippen molar-refractivity contribution in [1.82, 2.24) is 9.38 Å². The molecule has 0 aliphatic heterocycles. The molecule has 0 bridgehead atoms. The van der Waals surface area contributed by atoms with Crippen LogP contribution in [-0.2, 0) is 0 Å². The monoisotopic (exact) mass is 210 g/mol. The number of aromatic carboxylic acids is 1. The lowest BCUT2D eigenvalue weighted by Gasteiger charge is -1.97. The van der Waals surface area contributed by atoms with Crippen molar-refractivity contribution in [2.45, 2.75) is 6.92 Å². The van der Waals surface area contributed by atoms with Gasteiger partial charge in [0.15, 0.2) is 11.3 Å². The van der Waals surface area contributed by atoms with Crippen LogP contribution < -0.4 is 0 Å². The second-order valence-corrected chi connectivity index (χ2v) is 3.31.